The van der Waals surface area contributed by atoms with Gasteiger partial charge in [0.15, 0.2) is 0 Å². The van der Waals surface area contributed by atoms with E-state index in [4.69, 9.17) is 20.8 Å². The van der Waals surface area contributed by atoms with E-state index < -0.39 is 0 Å². The van der Waals surface area contributed by atoms with Crippen molar-refractivity contribution in [2.75, 3.05) is 0 Å². The molecule has 118 valence electrons. The van der Waals surface area contributed by atoms with Gasteiger partial charge in [-0.15, -0.1) is 0 Å². The Bertz CT molecular complexity index is 819. The number of aromatic nitrogens is 1. The molecule has 2 aromatic carbocycles. The Morgan fingerprint density at radius 2 is 1.78 bits per heavy atom. The first-order chi connectivity index (χ1) is 11.0. The zero-order valence-corrected chi connectivity index (χ0v) is 14.1. The molecule has 1 heterocycles. The molecule has 23 heavy (non-hydrogen) atoms. The van der Waals surface area contributed by atoms with Crippen LogP contribution in [0.3, 0.4) is 0 Å². The first-order valence-corrected chi connectivity index (χ1v) is 7.82. The smallest absolute Gasteiger partial charge is 0.226 e. The summed E-state index contributed by atoms with van der Waals surface area (Å²) in [6.07, 6.45) is 0. The van der Waals surface area contributed by atoms with Crippen LogP contribution in [0.25, 0.3) is 11.5 Å². The summed E-state index contributed by atoms with van der Waals surface area (Å²) in [5.74, 6) is 2.16. The molecule has 0 saturated heterocycles. The number of hydrogen-bond acceptors (Lipinski definition) is 3. The molecule has 0 aliphatic heterocycles. The summed E-state index contributed by atoms with van der Waals surface area (Å²) in [4.78, 5) is 4.53. The van der Waals surface area contributed by atoms with Crippen LogP contribution in [-0.2, 0) is 6.61 Å². The third-order valence-corrected chi connectivity index (χ3v) is 3.77. The number of ether oxygens (including phenoxy) is 1. The lowest BCUT2D eigenvalue weighted by atomic mass is 10.1. The highest BCUT2D eigenvalue weighted by atomic mass is 35.5. The van der Waals surface area contributed by atoms with Gasteiger partial charge >= 0.3 is 0 Å². The number of benzene rings is 2. The first-order valence-electron chi connectivity index (χ1n) is 7.44. The number of oxazole rings is 1. The van der Waals surface area contributed by atoms with Crippen molar-refractivity contribution in [3.05, 3.63) is 70.1 Å². The van der Waals surface area contributed by atoms with Gasteiger partial charge in [0.1, 0.15) is 23.8 Å². The van der Waals surface area contributed by atoms with Crippen LogP contribution in [-0.4, -0.2) is 4.98 Å². The minimum absolute atomic E-state index is 0.374. The van der Waals surface area contributed by atoms with Crippen molar-refractivity contribution in [2.24, 2.45) is 0 Å². The van der Waals surface area contributed by atoms with E-state index in [1.807, 2.05) is 43.3 Å². The summed E-state index contributed by atoms with van der Waals surface area (Å²) in [7, 11) is 0. The fraction of sp³-hybridized carbons (Fsp3) is 0.211. The van der Waals surface area contributed by atoms with Crippen molar-refractivity contribution in [1.29, 1.82) is 0 Å². The lowest BCUT2D eigenvalue weighted by Gasteiger charge is -2.06. The van der Waals surface area contributed by atoms with E-state index >= 15 is 0 Å². The average molecular weight is 328 g/mol. The molecule has 0 fully saturated rings. The second-order valence-corrected chi connectivity index (χ2v) is 6.08. The molecule has 0 atom stereocenters. The van der Waals surface area contributed by atoms with Crippen LogP contribution in [0.2, 0.25) is 5.02 Å². The summed E-state index contributed by atoms with van der Waals surface area (Å²) in [6, 6.07) is 13.6. The van der Waals surface area contributed by atoms with Gasteiger partial charge in [0, 0.05) is 10.6 Å². The van der Waals surface area contributed by atoms with E-state index in [9.17, 15) is 0 Å². The van der Waals surface area contributed by atoms with Crippen LogP contribution >= 0.6 is 11.6 Å². The van der Waals surface area contributed by atoms with Gasteiger partial charge in [0.2, 0.25) is 5.89 Å². The van der Waals surface area contributed by atoms with E-state index in [1.165, 1.54) is 11.1 Å². The number of halogens is 1. The van der Waals surface area contributed by atoms with E-state index in [0.717, 1.165) is 22.8 Å². The molecule has 0 aliphatic rings. The molecular weight excluding hydrogens is 310 g/mol. The molecule has 0 aliphatic carbocycles. The minimum atomic E-state index is 0.374. The maximum atomic E-state index is 6.02. The van der Waals surface area contributed by atoms with Gasteiger partial charge < -0.3 is 9.15 Å². The van der Waals surface area contributed by atoms with Crippen molar-refractivity contribution in [3.8, 4) is 17.2 Å². The Labute approximate surface area is 140 Å². The molecule has 0 N–H and O–H groups in total. The summed E-state index contributed by atoms with van der Waals surface area (Å²) in [5.41, 5.74) is 4.00. The largest absolute Gasteiger partial charge is 0.487 e. The summed E-state index contributed by atoms with van der Waals surface area (Å²) in [5, 5.41) is 0.659. The van der Waals surface area contributed by atoms with Crippen LogP contribution in [0.5, 0.6) is 5.75 Å². The first kappa shape index (κ1) is 15.6. The summed E-state index contributed by atoms with van der Waals surface area (Å²) < 4.78 is 11.6. The Hall–Kier alpha value is -2.26. The highest BCUT2D eigenvalue weighted by Gasteiger charge is 2.12. The highest BCUT2D eigenvalue weighted by Crippen LogP contribution is 2.25. The number of hydrogen-bond donors (Lipinski definition) is 0. The number of nitrogens with zero attached hydrogens (tertiary/aromatic N) is 1. The third kappa shape index (κ3) is 3.74. The van der Waals surface area contributed by atoms with E-state index in [-0.39, 0.29) is 0 Å². The molecule has 0 unspecified atom stereocenters. The minimum Gasteiger partial charge on any atom is -0.487 e. The van der Waals surface area contributed by atoms with Gasteiger partial charge in [-0.05, 0) is 62.2 Å². The molecule has 0 saturated carbocycles. The predicted octanol–water partition coefficient (Wildman–Crippen LogP) is 5.50. The Morgan fingerprint density at radius 1 is 1.04 bits per heavy atom. The second kappa shape index (κ2) is 6.47. The van der Waals surface area contributed by atoms with Gasteiger partial charge in [-0.25, -0.2) is 4.98 Å². The van der Waals surface area contributed by atoms with Crippen molar-refractivity contribution in [1.82, 2.24) is 4.98 Å². The van der Waals surface area contributed by atoms with Gasteiger partial charge in [0.25, 0.3) is 0 Å². The highest BCUT2D eigenvalue weighted by molar-refractivity contribution is 6.30. The molecule has 0 amide bonds. The van der Waals surface area contributed by atoms with Crippen molar-refractivity contribution < 1.29 is 9.15 Å². The predicted molar refractivity (Wildman–Crippen MR) is 91.9 cm³/mol. The maximum absolute atomic E-state index is 6.02. The lowest BCUT2D eigenvalue weighted by molar-refractivity contribution is 0.299. The van der Waals surface area contributed by atoms with Gasteiger partial charge in [-0.1, -0.05) is 23.7 Å². The van der Waals surface area contributed by atoms with Gasteiger partial charge in [-0.3, -0.25) is 0 Å². The normalized spacial score (nSPS) is 10.8. The number of rotatable bonds is 4. The SMILES string of the molecule is Cc1cc(C)cc(OCc2nc(-c3cccc(Cl)c3)oc2C)c1. The second-order valence-electron chi connectivity index (χ2n) is 5.64. The van der Waals surface area contributed by atoms with Crippen LogP contribution in [0.15, 0.2) is 46.9 Å². The molecule has 1 aromatic heterocycles. The maximum Gasteiger partial charge on any atom is 0.226 e. The van der Waals surface area contributed by atoms with Gasteiger partial charge in [-0.2, -0.15) is 0 Å². The Balaban J connectivity index is 1.79. The molecule has 3 aromatic rings. The van der Waals surface area contributed by atoms with Crippen molar-refractivity contribution in [2.45, 2.75) is 27.4 Å². The Kier molecular flexibility index (Phi) is 4.39. The molecule has 3 rings (SSSR count). The van der Waals surface area contributed by atoms with E-state index in [2.05, 4.69) is 24.9 Å². The monoisotopic (exact) mass is 327 g/mol. The third-order valence-electron chi connectivity index (χ3n) is 3.53. The zero-order chi connectivity index (χ0) is 16.4. The zero-order valence-electron chi connectivity index (χ0n) is 13.4. The average Bonchev–Trinajstić information content (AvgIpc) is 2.85. The van der Waals surface area contributed by atoms with Gasteiger partial charge in [0.05, 0.1) is 0 Å². The molecular formula is C19H18ClNO2. The molecule has 4 heteroatoms. The standard InChI is InChI=1S/C19H18ClNO2/c1-12-7-13(2)9-17(8-12)22-11-18-14(3)23-19(21-18)15-5-4-6-16(20)10-15/h4-10H,11H2,1-3H3. The fourth-order valence-electron chi connectivity index (χ4n) is 2.47. The quantitative estimate of drug-likeness (QED) is 0.634. The van der Waals surface area contributed by atoms with Crippen LogP contribution < -0.4 is 4.74 Å². The van der Waals surface area contributed by atoms with E-state index in [0.29, 0.717) is 17.5 Å². The Morgan fingerprint density at radius 3 is 2.48 bits per heavy atom. The van der Waals surface area contributed by atoms with Crippen LogP contribution in [0.1, 0.15) is 22.6 Å². The molecule has 3 nitrogen and oxygen atoms in total. The van der Waals surface area contributed by atoms with Crippen LogP contribution in [0, 0.1) is 20.8 Å². The molecule has 0 bridgehead atoms. The van der Waals surface area contributed by atoms with Crippen molar-refractivity contribution >= 4 is 11.6 Å². The lowest BCUT2D eigenvalue weighted by Crippen LogP contribution is -1.98. The molecule has 0 radical (unpaired) electrons. The van der Waals surface area contributed by atoms with E-state index in [1.54, 1.807) is 0 Å². The fourth-order valence-corrected chi connectivity index (χ4v) is 2.67. The summed E-state index contributed by atoms with van der Waals surface area (Å²) >= 11 is 6.02. The number of aryl methyl sites for hydroxylation is 3. The van der Waals surface area contributed by atoms with Crippen LogP contribution in [0.4, 0.5) is 0 Å². The summed E-state index contributed by atoms with van der Waals surface area (Å²) in [6.45, 7) is 6.37. The topological polar surface area (TPSA) is 35.3 Å². The molecule has 0 spiro atoms. The van der Waals surface area contributed by atoms with Crippen molar-refractivity contribution in [3.63, 3.8) is 0 Å².